The van der Waals surface area contributed by atoms with Crippen molar-refractivity contribution < 1.29 is 24.1 Å². The number of methoxy groups -OCH3 is 2. The topological polar surface area (TPSA) is 56.4 Å². The van der Waals surface area contributed by atoms with E-state index in [1.165, 1.54) is 16.0 Å². The zero-order valence-corrected chi connectivity index (χ0v) is 17.7. The summed E-state index contributed by atoms with van der Waals surface area (Å²) in [4.78, 5) is 15.2. The zero-order chi connectivity index (χ0) is 20.6. The highest BCUT2D eigenvalue weighted by Crippen LogP contribution is 2.18. The van der Waals surface area contributed by atoms with Gasteiger partial charge in [0.2, 0.25) is 0 Å². The first-order chi connectivity index (χ1) is 14.1. The number of quaternary nitrogens is 2. The highest BCUT2D eigenvalue weighted by molar-refractivity contribution is 5.76. The standard InChI is InChI=1S/C23H31N3O3/c1-18-4-9-22(29-3)20(14-18)16-25-10-12-26(13-11-25)17-23(27)24-15-19-5-7-21(28-2)8-6-19/h4-9,14H,10-13,15-17H2,1-3H3,(H,24,27)/p+2. The smallest absolute Gasteiger partial charge is 0.275 e. The minimum Gasteiger partial charge on any atom is -0.497 e. The fourth-order valence-electron chi connectivity index (χ4n) is 3.86. The average Bonchev–Trinajstić information content (AvgIpc) is 2.74. The quantitative estimate of drug-likeness (QED) is 0.567. The first kappa shape index (κ1) is 21.1. The van der Waals surface area contributed by atoms with Crippen molar-refractivity contribution in [1.82, 2.24) is 5.32 Å². The number of hydrogen-bond acceptors (Lipinski definition) is 3. The second-order valence-electron chi connectivity index (χ2n) is 7.79. The molecule has 1 heterocycles. The summed E-state index contributed by atoms with van der Waals surface area (Å²) >= 11 is 0. The maximum Gasteiger partial charge on any atom is 0.275 e. The van der Waals surface area contributed by atoms with Crippen LogP contribution in [-0.2, 0) is 17.9 Å². The minimum absolute atomic E-state index is 0.111. The molecule has 2 aromatic carbocycles. The molecular weight excluding hydrogens is 366 g/mol. The van der Waals surface area contributed by atoms with E-state index in [2.05, 4.69) is 30.4 Å². The Morgan fingerprint density at radius 3 is 2.31 bits per heavy atom. The van der Waals surface area contributed by atoms with Crippen molar-refractivity contribution in [3.05, 3.63) is 59.2 Å². The van der Waals surface area contributed by atoms with Crippen LogP contribution in [0.5, 0.6) is 11.5 Å². The van der Waals surface area contributed by atoms with Crippen molar-refractivity contribution in [2.45, 2.75) is 20.0 Å². The van der Waals surface area contributed by atoms with E-state index in [4.69, 9.17) is 9.47 Å². The second-order valence-corrected chi connectivity index (χ2v) is 7.79. The monoisotopic (exact) mass is 399 g/mol. The third-order valence-corrected chi connectivity index (χ3v) is 5.60. The Morgan fingerprint density at radius 1 is 0.966 bits per heavy atom. The number of nitrogens with one attached hydrogen (secondary N) is 3. The van der Waals surface area contributed by atoms with Crippen LogP contribution >= 0.6 is 0 Å². The van der Waals surface area contributed by atoms with Crippen LogP contribution in [0, 0.1) is 6.92 Å². The van der Waals surface area contributed by atoms with Gasteiger partial charge < -0.3 is 24.6 Å². The highest BCUT2D eigenvalue weighted by Gasteiger charge is 2.25. The second kappa shape index (κ2) is 10.3. The van der Waals surface area contributed by atoms with Crippen LogP contribution in [0.4, 0.5) is 0 Å². The van der Waals surface area contributed by atoms with Gasteiger partial charge in [-0.3, -0.25) is 4.79 Å². The lowest BCUT2D eigenvalue weighted by molar-refractivity contribution is -1.02. The molecule has 0 saturated carbocycles. The summed E-state index contributed by atoms with van der Waals surface area (Å²) in [5.41, 5.74) is 3.61. The summed E-state index contributed by atoms with van der Waals surface area (Å²) in [6.45, 7) is 8.35. The molecular formula is C23H33N3O3+2. The molecule has 0 aliphatic carbocycles. The molecule has 0 aromatic heterocycles. The minimum atomic E-state index is 0.111. The summed E-state index contributed by atoms with van der Waals surface area (Å²) in [5, 5.41) is 3.03. The van der Waals surface area contributed by atoms with Gasteiger partial charge in [-0.1, -0.05) is 23.8 Å². The van der Waals surface area contributed by atoms with E-state index in [1.807, 2.05) is 24.3 Å². The van der Waals surface area contributed by atoms with E-state index in [9.17, 15) is 4.79 Å². The first-order valence-corrected chi connectivity index (χ1v) is 10.3. The molecule has 3 N–H and O–H groups in total. The molecule has 0 atom stereocenters. The molecule has 1 saturated heterocycles. The van der Waals surface area contributed by atoms with E-state index < -0.39 is 0 Å². The van der Waals surface area contributed by atoms with Gasteiger partial charge in [0.05, 0.1) is 14.2 Å². The molecule has 0 spiro atoms. The molecule has 0 unspecified atom stereocenters. The third kappa shape index (κ3) is 6.21. The summed E-state index contributed by atoms with van der Waals surface area (Å²) in [7, 11) is 3.38. The number of aryl methyl sites for hydroxylation is 1. The number of ether oxygens (including phenoxy) is 2. The Balaban J connectivity index is 1.41. The van der Waals surface area contributed by atoms with E-state index in [0.717, 1.165) is 49.8 Å². The maximum absolute atomic E-state index is 12.3. The van der Waals surface area contributed by atoms with Gasteiger partial charge in [0.25, 0.3) is 5.91 Å². The Hall–Kier alpha value is -2.57. The molecule has 156 valence electrons. The van der Waals surface area contributed by atoms with Crippen molar-refractivity contribution in [1.29, 1.82) is 0 Å². The molecule has 6 heteroatoms. The summed E-state index contributed by atoms with van der Waals surface area (Å²) in [5.74, 6) is 1.91. The fraction of sp³-hybridized carbons (Fsp3) is 0.435. The molecule has 0 bridgehead atoms. The summed E-state index contributed by atoms with van der Waals surface area (Å²) in [6.07, 6.45) is 0. The summed E-state index contributed by atoms with van der Waals surface area (Å²) in [6, 6.07) is 14.2. The highest BCUT2D eigenvalue weighted by atomic mass is 16.5. The molecule has 3 rings (SSSR count). The van der Waals surface area contributed by atoms with E-state index in [1.54, 1.807) is 19.1 Å². The number of carbonyl (C=O) groups is 1. The predicted molar refractivity (Wildman–Crippen MR) is 113 cm³/mol. The van der Waals surface area contributed by atoms with Crippen molar-refractivity contribution in [2.24, 2.45) is 0 Å². The van der Waals surface area contributed by atoms with Crippen LogP contribution in [0.25, 0.3) is 0 Å². The van der Waals surface area contributed by atoms with Crippen LogP contribution in [-0.4, -0.2) is 52.9 Å². The third-order valence-electron chi connectivity index (χ3n) is 5.60. The molecule has 6 nitrogen and oxygen atoms in total. The van der Waals surface area contributed by atoms with E-state index in [0.29, 0.717) is 13.1 Å². The van der Waals surface area contributed by atoms with Crippen LogP contribution in [0.1, 0.15) is 16.7 Å². The van der Waals surface area contributed by atoms with E-state index >= 15 is 0 Å². The number of hydrogen-bond donors (Lipinski definition) is 3. The van der Waals surface area contributed by atoms with Gasteiger partial charge in [0, 0.05) is 12.1 Å². The molecule has 1 aliphatic rings. The van der Waals surface area contributed by atoms with E-state index in [-0.39, 0.29) is 5.91 Å². The van der Waals surface area contributed by atoms with Crippen molar-refractivity contribution in [3.8, 4) is 11.5 Å². The molecule has 1 fully saturated rings. The van der Waals surface area contributed by atoms with Crippen LogP contribution in [0.15, 0.2) is 42.5 Å². The largest absolute Gasteiger partial charge is 0.497 e. The average molecular weight is 400 g/mol. The first-order valence-electron chi connectivity index (χ1n) is 10.3. The molecule has 1 amide bonds. The van der Waals surface area contributed by atoms with Gasteiger partial charge in [-0.15, -0.1) is 0 Å². The van der Waals surface area contributed by atoms with Gasteiger partial charge in [-0.05, 0) is 36.8 Å². The van der Waals surface area contributed by atoms with Crippen LogP contribution < -0.4 is 24.6 Å². The molecule has 0 radical (unpaired) electrons. The Bertz CT molecular complexity index is 800. The molecule has 1 aliphatic heterocycles. The number of carbonyl (C=O) groups excluding carboxylic acids is 1. The number of piperazine rings is 1. The lowest BCUT2D eigenvalue weighted by atomic mass is 10.1. The van der Waals surface area contributed by atoms with Gasteiger partial charge >= 0.3 is 0 Å². The zero-order valence-electron chi connectivity index (χ0n) is 17.7. The number of benzene rings is 2. The Kier molecular flexibility index (Phi) is 7.49. The maximum atomic E-state index is 12.3. The van der Waals surface area contributed by atoms with Crippen LogP contribution in [0.3, 0.4) is 0 Å². The Labute approximate surface area is 173 Å². The fourth-order valence-corrected chi connectivity index (χ4v) is 3.86. The normalized spacial score (nSPS) is 18.9. The number of rotatable bonds is 8. The lowest BCUT2D eigenvalue weighted by Crippen LogP contribution is -3.28. The lowest BCUT2D eigenvalue weighted by Gasteiger charge is -2.29. The van der Waals surface area contributed by atoms with Gasteiger partial charge in [-0.25, -0.2) is 0 Å². The van der Waals surface area contributed by atoms with Gasteiger partial charge in [0.1, 0.15) is 44.2 Å². The SMILES string of the molecule is COc1ccc(CNC(=O)C[NH+]2CC[NH+](Cc3cc(C)ccc3OC)CC2)cc1. The number of amides is 1. The van der Waals surface area contributed by atoms with Gasteiger partial charge in [-0.2, -0.15) is 0 Å². The summed E-state index contributed by atoms with van der Waals surface area (Å²) < 4.78 is 10.7. The van der Waals surface area contributed by atoms with Crippen molar-refractivity contribution in [2.75, 3.05) is 46.9 Å². The van der Waals surface area contributed by atoms with Crippen molar-refractivity contribution in [3.63, 3.8) is 0 Å². The predicted octanol–water partition coefficient (Wildman–Crippen LogP) is -0.388. The molecule has 29 heavy (non-hydrogen) atoms. The van der Waals surface area contributed by atoms with Crippen molar-refractivity contribution >= 4 is 5.91 Å². The van der Waals surface area contributed by atoms with Crippen LogP contribution in [0.2, 0.25) is 0 Å². The Morgan fingerprint density at radius 2 is 1.66 bits per heavy atom. The van der Waals surface area contributed by atoms with Gasteiger partial charge in [0.15, 0.2) is 6.54 Å². The molecule has 2 aromatic rings.